The second-order valence-electron chi connectivity index (χ2n) is 4.79. The molecule has 0 bridgehead atoms. The van der Waals surface area contributed by atoms with E-state index in [4.69, 9.17) is 5.73 Å². The highest BCUT2D eigenvalue weighted by Crippen LogP contribution is 2.19. The minimum absolute atomic E-state index is 0.584. The maximum atomic E-state index is 5.62. The van der Waals surface area contributed by atoms with Crippen molar-refractivity contribution in [1.29, 1.82) is 0 Å². The molecule has 100 valence electrons. The molecular weight excluding hydrogens is 246 g/mol. The lowest BCUT2D eigenvalue weighted by Crippen LogP contribution is -2.01. The standard InChI is InChI=1S/C17H17N3/c18-10-14-6-8-15(9-7-14)12-20-13-19-11-17(20)16-4-2-1-3-5-16/h1-9,11,13H,10,12,18H2. The predicted molar refractivity (Wildman–Crippen MR) is 81.1 cm³/mol. The van der Waals surface area contributed by atoms with Crippen LogP contribution in [-0.4, -0.2) is 9.55 Å². The maximum absolute atomic E-state index is 5.62. The molecule has 3 rings (SSSR count). The van der Waals surface area contributed by atoms with E-state index in [0.29, 0.717) is 6.54 Å². The molecule has 1 heterocycles. The molecule has 3 nitrogen and oxygen atoms in total. The molecule has 2 N–H and O–H groups in total. The first-order valence-corrected chi connectivity index (χ1v) is 6.70. The average molecular weight is 263 g/mol. The Balaban J connectivity index is 1.86. The lowest BCUT2D eigenvalue weighted by atomic mass is 10.1. The SMILES string of the molecule is NCc1ccc(Cn2cncc2-c2ccccc2)cc1. The molecule has 0 aliphatic heterocycles. The van der Waals surface area contributed by atoms with Crippen LogP contribution in [0.1, 0.15) is 11.1 Å². The van der Waals surface area contributed by atoms with Crippen molar-refractivity contribution in [2.24, 2.45) is 5.73 Å². The van der Waals surface area contributed by atoms with Gasteiger partial charge in [-0.1, -0.05) is 54.6 Å². The van der Waals surface area contributed by atoms with Crippen molar-refractivity contribution in [2.45, 2.75) is 13.1 Å². The molecule has 0 aliphatic carbocycles. The van der Waals surface area contributed by atoms with E-state index in [0.717, 1.165) is 17.8 Å². The van der Waals surface area contributed by atoms with Crippen LogP contribution in [0.2, 0.25) is 0 Å². The number of aromatic nitrogens is 2. The van der Waals surface area contributed by atoms with Gasteiger partial charge < -0.3 is 10.3 Å². The highest BCUT2D eigenvalue weighted by Gasteiger charge is 2.05. The third kappa shape index (κ3) is 2.63. The van der Waals surface area contributed by atoms with Crippen LogP contribution in [0.25, 0.3) is 11.3 Å². The molecule has 0 atom stereocenters. The number of nitrogens with two attached hydrogens (primary N) is 1. The first kappa shape index (κ1) is 12.6. The first-order valence-electron chi connectivity index (χ1n) is 6.70. The molecule has 2 aromatic carbocycles. The van der Waals surface area contributed by atoms with Crippen LogP contribution in [0.5, 0.6) is 0 Å². The summed E-state index contributed by atoms with van der Waals surface area (Å²) in [5.41, 5.74) is 10.3. The fourth-order valence-corrected chi connectivity index (χ4v) is 2.27. The zero-order chi connectivity index (χ0) is 13.8. The molecule has 0 saturated heterocycles. The van der Waals surface area contributed by atoms with Gasteiger partial charge in [0.05, 0.1) is 18.2 Å². The van der Waals surface area contributed by atoms with Crippen LogP contribution in [0, 0.1) is 0 Å². The second-order valence-corrected chi connectivity index (χ2v) is 4.79. The van der Waals surface area contributed by atoms with Crippen molar-refractivity contribution in [3.05, 3.63) is 78.2 Å². The summed E-state index contributed by atoms with van der Waals surface area (Å²) in [5, 5.41) is 0. The summed E-state index contributed by atoms with van der Waals surface area (Å²) in [5.74, 6) is 0. The molecular formula is C17H17N3. The Morgan fingerprint density at radius 1 is 0.900 bits per heavy atom. The Labute approximate surface area is 118 Å². The van der Waals surface area contributed by atoms with Crippen LogP contribution >= 0.6 is 0 Å². The number of hydrogen-bond donors (Lipinski definition) is 1. The van der Waals surface area contributed by atoms with Gasteiger partial charge in [-0.15, -0.1) is 0 Å². The highest BCUT2D eigenvalue weighted by atomic mass is 15.0. The van der Waals surface area contributed by atoms with Gasteiger partial charge >= 0.3 is 0 Å². The van der Waals surface area contributed by atoms with Gasteiger partial charge in [-0.25, -0.2) is 4.98 Å². The Bertz CT molecular complexity index is 669. The molecule has 0 fully saturated rings. The molecule has 3 heteroatoms. The molecule has 0 radical (unpaired) electrons. The fraction of sp³-hybridized carbons (Fsp3) is 0.118. The number of benzene rings is 2. The summed E-state index contributed by atoms with van der Waals surface area (Å²) in [6.45, 7) is 1.40. The van der Waals surface area contributed by atoms with E-state index in [9.17, 15) is 0 Å². The van der Waals surface area contributed by atoms with Crippen LogP contribution in [0.3, 0.4) is 0 Å². The minimum Gasteiger partial charge on any atom is -0.326 e. The average Bonchev–Trinajstić information content (AvgIpc) is 2.97. The number of hydrogen-bond acceptors (Lipinski definition) is 2. The number of imidazole rings is 1. The normalized spacial score (nSPS) is 10.7. The smallest absolute Gasteiger partial charge is 0.0954 e. The van der Waals surface area contributed by atoms with Crippen molar-refractivity contribution in [2.75, 3.05) is 0 Å². The quantitative estimate of drug-likeness (QED) is 0.786. The Morgan fingerprint density at radius 3 is 2.30 bits per heavy atom. The largest absolute Gasteiger partial charge is 0.326 e. The van der Waals surface area contributed by atoms with Crippen molar-refractivity contribution < 1.29 is 0 Å². The van der Waals surface area contributed by atoms with E-state index in [1.54, 1.807) is 0 Å². The minimum atomic E-state index is 0.584. The van der Waals surface area contributed by atoms with E-state index in [-0.39, 0.29) is 0 Å². The van der Waals surface area contributed by atoms with Gasteiger partial charge in [0.15, 0.2) is 0 Å². The lowest BCUT2D eigenvalue weighted by Gasteiger charge is -2.09. The van der Waals surface area contributed by atoms with Crippen molar-refractivity contribution in [3.8, 4) is 11.3 Å². The van der Waals surface area contributed by atoms with Gasteiger partial charge in [0.2, 0.25) is 0 Å². The third-order valence-electron chi connectivity index (χ3n) is 3.39. The fourth-order valence-electron chi connectivity index (χ4n) is 2.27. The molecule has 0 unspecified atom stereocenters. The van der Waals surface area contributed by atoms with E-state index in [1.807, 2.05) is 30.7 Å². The summed E-state index contributed by atoms with van der Waals surface area (Å²) in [7, 11) is 0. The van der Waals surface area contributed by atoms with Gasteiger partial charge in [-0.2, -0.15) is 0 Å². The zero-order valence-electron chi connectivity index (χ0n) is 11.2. The van der Waals surface area contributed by atoms with E-state index in [1.165, 1.54) is 11.1 Å². The molecule has 20 heavy (non-hydrogen) atoms. The molecule has 0 aliphatic rings. The van der Waals surface area contributed by atoms with E-state index < -0.39 is 0 Å². The summed E-state index contributed by atoms with van der Waals surface area (Å²) < 4.78 is 2.16. The van der Waals surface area contributed by atoms with Crippen molar-refractivity contribution in [1.82, 2.24) is 9.55 Å². The van der Waals surface area contributed by atoms with Crippen molar-refractivity contribution in [3.63, 3.8) is 0 Å². The number of rotatable bonds is 4. The molecule has 0 spiro atoms. The van der Waals surface area contributed by atoms with Crippen LogP contribution in [-0.2, 0) is 13.1 Å². The van der Waals surface area contributed by atoms with Crippen LogP contribution in [0.4, 0.5) is 0 Å². The summed E-state index contributed by atoms with van der Waals surface area (Å²) >= 11 is 0. The summed E-state index contributed by atoms with van der Waals surface area (Å²) in [6, 6.07) is 18.7. The maximum Gasteiger partial charge on any atom is 0.0954 e. The molecule has 3 aromatic rings. The molecule has 0 amide bonds. The number of nitrogens with zero attached hydrogens (tertiary/aromatic N) is 2. The Kier molecular flexibility index (Phi) is 3.61. The van der Waals surface area contributed by atoms with E-state index >= 15 is 0 Å². The van der Waals surface area contributed by atoms with Gasteiger partial charge in [0, 0.05) is 13.1 Å². The zero-order valence-corrected chi connectivity index (χ0v) is 11.2. The summed E-state index contributed by atoms with van der Waals surface area (Å²) in [4.78, 5) is 4.27. The monoisotopic (exact) mass is 263 g/mol. The Hall–Kier alpha value is -2.39. The Morgan fingerprint density at radius 2 is 1.60 bits per heavy atom. The lowest BCUT2D eigenvalue weighted by molar-refractivity contribution is 0.804. The second kappa shape index (κ2) is 5.72. The van der Waals surface area contributed by atoms with Gasteiger partial charge in [0.25, 0.3) is 0 Å². The molecule has 1 aromatic heterocycles. The van der Waals surface area contributed by atoms with Gasteiger partial charge in [-0.3, -0.25) is 0 Å². The van der Waals surface area contributed by atoms with Gasteiger partial charge in [0.1, 0.15) is 0 Å². The van der Waals surface area contributed by atoms with Gasteiger partial charge in [-0.05, 0) is 16.7 Å². The topological polar surface area (TPSA) is 43.8 Å². The van der Waals surface area contributed by atoms with Crippen LogP contribution in [0.15, 0.2) is 67.1 Å². The predicted octanol–water partition coefficient (Wildman–Crippen LogP) is 3.06. The van der Waals surface area contributed by atoms with Crippen LogP contribution < -0.4 is 5.73 Å². The molecule has 0 saturated carbocycles. The van der Waals surface area contributed by atoms with E-state index in [2.05, 4.69) is 45.9 Å². The van der Waals surface area contributed by atoms with Crippen molar-refractivity contribution >= 4 is 0 Å². The summed E-state index contributed by atoms with van der Waals surface area (Å²) in [6.07, 6.45) is 3.78. The third-order valence-corrected chi connectivity index (χ3v) is 3.39. The first-order chi connectivity index (χ1) is 9.86. The highest BCUT2D eigenvalue weighted by molar-refractivity contribution is 5.58.